The number of carbonyl (C=O) groups is 1. The lowest BCUT2D eigenvalue weighted by molar-refractivity contribution is -0.142. The minimum absolute atomic E-state index is 0.134. The average Bonchev–Trinajstić information content (AvgIpc) is 2.97. The molecule has 0 unspecified atom stereocenters. The number of hydrogen-bond donors (Lipinski definition) is 1. The summed E-state index contributed by atoms with van der Waals surface area (Å²) in [6, 6.07) is 0. The number of carbonyl (C=O) groups excluding carboxylic acids is 1. The number of amides is 1. The molecule has 0 spiro atoms. The first-order valence-electron chi connectivity index (χ1n) is 4.83. The maximum atomic E-state index is 11.7. The highest BCUT2D eigenvalue weighted by Crippen LogP contribution is 2.37. The molecule has 1 N–H and O–H groups in total. The summed E-state index contributed by atoms with van der Waals surface area (Å²) in [5, 5.41) is 9.62. The van der Waals surface area contributed by atoms with Gasteiger partial charge < -0.3 is 10.0 Å². The first-order valence-corrected chi connectivity index (χ1v) is 4.83. The van der Waals surface area contributed by atoms with Crippen molar-refractivity contribution in [3.05, 3.63) is 11.6 Å². The molecule has 0 saturated heterocycles. The quantitative estimate of drug-likeness (QED) is 0.606. The third-order valence-electron chi connectivity index (χ3n) is 2.80. The maximum absolute atomic E-state index is 11.7. The van der Waals surface area contributed by atoms with Gasteiger partial charge in [0.15, 0.2) is 0 Å². The lowest BCUT2D eigenvalue weighted by atomic mass is 10.1. The number of terminal acetylenes is 1. The third-order valence-corrected chi connectivity index (χ3v) is 2.80. The van der Waals surface area contributed by atoms with Crippen LogP contribution < -0.4 is 0 Å². The Morgan fingerprint density at radius 1 is 1.64 bits per heavy atom. The van der Waals surface area contributed by atoms with Crippen LogP contribution in [0, 0.1) is 12.3 Å². The molecular formula is C11H13NO2. The van der Waals surface area contributed by atoms with Crippen molar-refractivity contribution in [1.82, 2.24) is 4.90 Å². The van der Waals surface area contributed by atoms with Crippen molar-refractivity contribution < 1.29 is 9.90 Å². The van der Waals surface area contributed by atoms with E-state index in [1.807, 2.05) is 6.08 Å². The standard InChI is InChI=1S/C11H13NO2/c1-2-9-3-7-12(8-4-9)10(13)11(14)5-6-11/h1,3,14H,4-8H2. The zero-order valence-corrected chi connectivity index (χ0v) is 7.99. The van der Waals surface area contributed by atoms with Crippen molar-refractivity contribution in [3.8, 4) is 12.3 Å². The van der Waals surface area contributed by atoms with Crippen LogP contribution in [0.5, 0.6) is 0 Å². The van der Waals surface area contributed by atoms with Gasteiger partial charge in [-0.15, -0.1) is 6.42 Å². The minimum Gasteiger partial charge on any atom is -0.380 e. The van der Waals surface area contributed by atoms with E-state index < -0.39 is 5.60 Å². The molecule has 0 aromatic carbocycles. The first kappa shape index (κ1) is 9.29. The molecule has 0 bridgehead atoms. The molecule has 0 atom stereocenters. The monoisotopic (exact) mass is 191 g/mol. The summed E-state index contributed by atoms with van der Waals surface area (Å²) in [4.78, 5) is 13.3. The number of aliphatic hydroxyl groups is 1. The molecule has 3 nitrogen and oxygen atoms in total. The normalized spacial score (nSPS) is 23.7. The Morgan fingerprint density at radius 2 is 2.36 bits per heavy atom. The van der Waals surface area contributed by atoms with Gasteiger partial charge in [0.1, 0.15) is 5.60 Å². The molecule has 74 valence electrons. The molecular weight excluding hydrogens is 178 g/mol. The predicted molar refractivity (Wildman–Crippen MR) is 52.3 cm³/mol. The highest BCUT2D eigenvalue weighted by molar-refractivity contribution is 5.88. The van der Waals surface area contributed by atoms with Gasteiger partial charge in [-0.05, 0) is 19.3 Å². The summed E-state index contributed by atoms with van der Waals surface area (Å²) in [6.07, 6.45) is 9.08. The smallest absolute Gasteiger partial charge is 0.254 e. The Balaban J connectivity index is 2.00. The Bertz CT molecular complexity index is 334. The molecule has 14 heavy (non-hydrogen) atoms. The number of hydrogen-bond acceptors (Lipinski definition) is 2. The van der Waals surface area contributed by atoms with E-state index in [9.17, 15) is 9.90 Å². The average molecular weight is 191 g/mol. The van der Waals surface area contributed by atoms with Crippen molar-refractivity contribution in [2.45, 2.75) is 24.9 Å². The topological polar surface area (TPSA) is 40.5 Å². The van der Waals surface area contributed by atoms with Crippen LogP contribution in [0.15, 0.2) is 11.6 Å². The van der Waals surface area contributed by atoms with Gasteiger partial charge in [0, 0.05) is 18.7 Å². The Morgan fingerprint density at radius 3 is 2.79 bits per heavy atom. The van der Waals surface area contributed by atoms with Crippen LogP contribution in [0.2, 0.25) is 0 Å². The zero-order chi connectivity index (χ0) is 10.2. The molecule has 2 aliphatic rings. The molecule has 1 heterocycles. The van der Waals surface area contributed by atoms with E-state index in [0.29, 0.717) is 25.9 Å². The molecule has 2 rings (SSSR count). The fourth-order valence-corrected chi connectivity index (χ4v) is 1.61. The van der Waals surface area contributed by atoms with Gasteiger partial charge in [-0.2, -0.15) is 0 Å². The van der Waals surface area contributed by atoms with Gasteiger partial charge >= 0.3 is 0 Å². The fourth-order valence-electron chi connectivity index (χ4n) is 1.61. The summed E-state index contributed by atoms with van der Waals surface area (Å²) in [5.41, 5.74) is -0.0848. The van der Waals surface area contributed by atoms with E-state index in [1.54, 1.807) is 4.90 Å². The van der Waals surface area contributed by atoms with Gasteiger partial charge in [0.2, 0.25) is 0 Å². The van der Waals surface area contributed by atoms with Crippen molar-refractivity contribution in [2.75, 3.05) is 13.1 Å². The second-order valence-electron chi connectivity index (χ2n) is 3.91. The minimum atomic E-state index is -1.04. The van der Waals surface area contributed by atoms with Crippen LogP contribution in [-0.2, 0) is 4.79 Å². The van der Waals surface area contributed by atoms with E-state index in [-0.39, 0.29) is 5.91 Å². The first-order chi connectivity index (χ1) is 6.65. The third kappa shape index (κ3) is 1.53. The molecule has 0 radical (unpaired) electrons. The summed E-state index contributed by atoms with van der Waals surface area (Å²) in [5.74, 6) is 2.44. The van der Waals surface area contributed by atoms with Crippen molar-refractivity contribution in [1.29, 1.82) is 0 Å². The Kier molecular flexibility index (Phi) is 2.09. The van der Waals surface area contributed by atoms with Crippen molar-refractivity contribution in [3.63, 3.8) is 0 Å². The SMILES string of the molecule is C#CC1=CCN(C(=O)C2(O)CC2)CC1. The van der Waals surface area contributed by atoms with E-state index in [1.165, 1.54) is 0 Å². The lowest BCUT2D eigenvalue weighted by Crippen LogP contribution is -2.42. The fraction of sp³-hybridized carbons (Fsp3) is 0.545. The number of nitrogens with zero attached hydrogens (tertiary/aromatic N) is 1. The van der Waals surface area contributed by atoms with Gasteiger partial charge in [-0.25, -0.2) is 0 Å². The summed E-state index contributed by atoms with van der Waals surface area (Å²) >= 11 is 0. The second kappa shape index (κ2) is 3.14. The van der Waals surface area contributed by atoms with E-state index >= 15 is 0 Å². The lowest BCUT2D eigenvalue weighted by Gasteiger charge is -2.27. The Labute approximate surface area is 83.4 Å². The zero-order valence-electron chi connectivity index (χ0n) is 7.99. The molecule has 0 aromatic rings. The van der Waals surface area contributed by atoms with E-state index in [0.717, 1.165) is 12.0 Å². The van der Waals surface area contributed by atoms with Crippen LogP contribution in [0.3, 0.4) is 0 Å². The van der Waals surface area contributed by atoms with E-state index in [2.05, 4.69) is 5.92 Å². The van der Waals surface area contributed by atoms with Gasteiger partial charge in [-0.1, -0.05) is 12.0 Å². The molecule has 1 amide bonds. The summed E-state index contributed by atoms with van der Waals surface area (Å²) in [6.45, 7) is 1.18. The second-order valence-corrected chi connectivity index (χ2v) is 3.91. The largest absolute Gasteiger partial charge is 0.380 e. The van der Waals surface area contributed by atoms with Gasteiger partial charge in [-0.3, -0.25) is 4.79 Å². The van der Waals surface area contributed by atoms with Crippen LogP contribution in [0.4, 0.5) is 0 Å². The Hall–Kier alpha value is -1.27. The molecule has 3 heteroatoms. The molecule has 1 aliphatic heterocycles. The molecule has 1 saturated carbocycles. The van der Waals surface area contributed by atoms with Crippen molar-refractivity contribution in [2.24, 2.45) is 0 Å². The molecule has 0 aromatic heterocycles. The number of rotatable bonds is 1. The molecule has 1 fully saturated rings. The van der Waals surface area contributed by atoms with Crippen LogP contribution in [0.1, 0.15) is 19.3 Å². The highest BCUT2D eigenvalue weighted by Gasteiger charge is 2.50. The van der Waals surface area contributed by atoms with Crippen molar-refractivity contribution >= 4 is 5.91 Å². The van der Waals surface area contributed by atoms with Crippen LogP contribution >= 0.6 is 0 Å². The van der Waals surface area contributed by atoms with Crippen LogP contribution in [0.25, 0.3) is 0 Å². The summed E-state index contributed by atoms with van der Waals surface area (Å²) < 4.78 is 0. The molecule has 1 aliphatic carbocycles. The maximum Gasteiger partial charge on any atom is 0.254 e. The van der Waals surface area contributed by atoms with E-state index in [4.69, 9.17) is 6.42 Å². The van der Waals surface area contributed by atoms with Crippen LogP contribution in [-0.4, -0.2) is 34.6 Å². The summed E-state index contributed by atoms with van der Waals surface area (Å²) in [7, 11) is 0. The predicted octanol–water partition coefficient (Wildman–Crippen LogP) is 0.303. The van der Waals surface area contributed by atoms with Gasteiger partial charge in [0.25, 0.3) is 5.91 Å². The highest BCUT2D eigenvalue weighted by atomic mass is 16.3. The van der Waals surface area contributed by atoms with Gasteiger partial charge in [0.05, 0.1) is 0 Å².